The van der Waals surface area contributed by atoms with E-state index < -0.39 is 0 Å². The molecular formula is C18H25NO2. The Labute approximate surface area is 127 Å². The van der Waals surface area contributed by atoms with Gasteiger partial charge in [-0.3, -0.25) is 4.79 Å². The van der Waals surface area contributed by atoms with Gasteiger partial charge in [-0.05, 0) is 43.7 Å². The smallest absolute Gasteiger partial charge is 0.220 e. The molecule has 0 saturated carbocycles. The van der Waals surface area contributed by atoms with Crippen LogP contribution in [0.2, 0.25) is 0 Å². The van der Waals surface area contributed by atoms with Gasteiger partial charge in [-0.2, -0.15) is 0 Å². The molecule has 3 rings (SSSR count). The SMILES string of the molecule is CC(C)C1(Cc2cccc3c2OC(C)(C)C3)CCC(=O)N1. The molecule has 1 N–H and O–H groups in total. The standard InChI is InChI=1S/C18H25NO2/c1-12(2)18(9-8-15(20)19-18)11-14-7-5-6-13-10-17(3,4)21-16(13)14/h5-7,12H,8-11H2,1-4H3,(H,19,20). The van der Waals surface area contributed by atoms with Crippen molar-refractivity contribution in [2.45, 2.75) is 64.5 Å². The predicted octanol–water partition coefficient (Wildman–Crippen LogP) is 3.25. The Morgan fingerprint density at radius 2 is 2.10 bits per heavy atom. The zero-order valence-corrected chi connectivity index (χ0v) is 13.5. The number of rotatable bonds is 3. The molecule has 0 aliphatic carbocycles. The number of fused-ring (bicyclic) bond motifs is 1. The number of amides is 1. The Hall–Kier alpha value is -1.51. The maximum Gasteiger partial charge on any atom is 0.220 e. The highest BCUT2D eigenvalue weighted by Crippen LogP contribution is 2.41. The lowest BCUT2D eigenvalue weighted by Crippen LogP contribution is -2.48. The quantitative estimate of drug-likeness (QED) is 0.926. The van der Waals surface area contributed by atoms with Crippen LogP contribution >= 0.6 is 0 Å². The first kappa shape index (κ1) is 14.4. The van der Waals surface area contributed by atoms with Gasteiger partial charge in [0.05, 0.1) is 0 Å². The fourth-order valence-corrected chi connectivity index (χ4v) is 3.67. The molecule has 1 aromatic carbocycles. The monoisotopic (exact) mass is 287 g/mol. The lowest BCUT2D eigenvalue weighted by Gasteiger charge is -2.34. The van der Waals surface area contributed by atoms with E-state index in [1.54, 1.807) is 0 Å². The molecule has 3 nitrogen and oxygen atoms in total. The summed E-state index contributed by atoms with van der Waals surface area (Å²) < 4.78 is 6.17. The van der Waals surface area contributed by atoms with Crippen molar-refractivity contribution >= 4 is 5.91 Å². The van der Waals surface area contributed by atoms with Crippen LogP contribution in [0.1, 0.15) is 51.7 Å². The summed E-state index contributed by atoms with van der Waals surface area (Å²) in [5.74, 6) is 1.63. The fraction of sp³-hybridized carbons (Fsp3) is 0.611. The van der Waals surface area contributed by atoms with Gasteiger partial charge in [-0.25, -0.2) is 0 Å². The minimum absolute atomic E-state index is 0.123. The zero-order chi connectivity index (χ0) is 15.3. The molecule has 2 heterocycles. The molecule has 1 aromatic rings. The molecule has 1 amide bonds. The number of benzene rings is 1. The van der Waals surface area contributed by atoms with Crippen LogP contribution in [0.5, 0.6) is 5.75 Å². The molecule has 0 radical (unpaired) electrons. The molecule has 114 valence electrons. The van der Waals surface area contributed by atoms with Crippen molar-refractivity contribution in [3.8, 4) is 5.75 Å². The van der Waals surface area contributed by atoms with Crippen LogP contribution in [0, 0.1) is 5.92 Å². The van der Waals surface area contributed by atoms with Crippen molar-refractivity contribution < 1.29 is 9.53 Å². The zero-order valence-electron chi connectivity index (χ0n) is 13.5. The summed E-state index contributed by atoms with van der Waals surface area (Å²) >= 11 is 0. The molecule has 3 heteroatoms. The Bertz CT molecular complexity index is 577. The van der Waals surface area contributed by atoms with E-state index >= 15 is 0 Å². The first-order valence-electron chi connectivity index (χ1n) is 7.92. The lowest BCUT2D eigenvalue weighted by molar-refractivity contribution is -0.120. The molecule has 0 aromatic heterocycles. The summed E-state index contributed by atoms with van der Waals surface area (Å²) in [5, 5.41) is 3.23. The first-order valence-corrected chi connectivity index (χ1v) is 7.92. The molecular weight excluding hydrogens is 262 g/mol. The summed E-state index contributed by atoms with van der Waals surface area (Å²) in [7, 11) is 0. The Kier molecular flexibility index (Phi) is 3.27. The number of carbonyl (C=O) groups excluding carboxylic acids is 1. The summed E-state index contributed by atoms with van der Waals surface area (Å²) in [6.07, 6.45) is 3.36. The first-order chi connectivity index (χ1) is 9.81. The average Bonchev–Trinajstić information content (AvgIpc) is 2.90. The highest BCUT2D eigenvalue weighted by Gasteiger charge is 2.42. The number of hydrogen-bond acceptors (Lipinski definition) is 2. The summed E-state index contributed by atoms with van der Waals surface area (Å²) in [6, 6.07) is 6.42. The van der Waals surface area contributed by atoms with Crippen molar-refractivity contribution in [2.75, 3.05) is 0 Å². The molecule has 0 spiro atoms. The van der Waals surface area contributed by atoms with Crippen LogP contribution in [-0.2, 0) is 17.6 Å². The summed E-state index contributed by atoms with van der Waals surface area (Å²) in [5.41, 5.74) is 2.28. The van der Waals surface area contributed by atoms with Crippen molar-refractivity contribution in [2.24, 2.45) is 5.92 Å². The fourth-order valence-electron chi connectivity index (χ4n) is 3.67. The number of hydrogen-bond donors (Lipinski definition) is 1. The summed E-state index contributed by atoms with van der Waals surface area (Å²) in [6.45, 7) is 8.65. The van der Waals surface area contributed by atoms with E-state index in [4.69, 9.17) is 4.74 Å². The largest absolute Gasteiger partial charge is 0.487 e. The van der Waals surface area contributed by atoms with E-state index in [0.717, 1.165) is 25.0 Å². The predicted molar refractivity (Wildman–Crippen MR) is 83.5 cm³/mol. The van der Waals surface area contributed by atoms with E-state index in [1.165, 1.54) is 11.1 Å². The maximum absolute atomic E-state index is 11.7. The van der Waals surface area contributed by atoms with Crippen LogP contribution in [-0.4, -0.2) is 17.0 Å². The molecule has 1 unspecified atom stereocenters. The van der Waals surface area contributed by atoms with E-state index in [1.807, 2.05) is 0 Å². The Balaban J connectivity index is 1.93. The van der Waals surface area contributed by atoms with Gasteiger partial charge in [-0.15, -0.1) is 0 Å². The third-order valence-corrected chi connectivity index (χ3v) is 4.97. The minimum atomic E-state index is -0.123. The Morgan fingerprint density at radius 1 is 1.33 bits per heavy atom. The van der Waals surface area contributed by atoms with Crippen LogP contribution < -0.4 is 10.1 Å². The molecule has 2 aliphatic rings. The maximum atomic E-state index is 11.7. The minimum Gasteiger partial charge on any atom is -0.487 e. The molecule has 1 fully saturated rings. The molecule has 0 bridgehead atoms. The number of nitrogens with one attached hydrogen (secondary N) is 1. The Morgan fingerprint density at radius 3 is 2.71 bits per heavy atom. The third kappa shape index (κ3) is 2.54. The van der Waals surface area contributed by atoms with Gasteiger partial charge < -0.3 is 10.1 Å². The van der Waals surface area contributed by atoms with Crippen LogP contribution in [0.15, 0.2) is 18.2 Å². The van der Waals surface area contributed by atoms with Gasteiger partial charge in [0, 0.05) is 18.4 Å². The van der Waals surface area contributed by atoms with Crippen molar-refractivity contribution in [1.29, 1.82) is 0 Å². The van der Waals surface area contributed by atoms with Crippen LogP contribution in [0.4, 0.5) is 0 Å². The summed E-state index contributed by atoms with van der Waals surface area (Å²) in [4.78, 5) is 11.7. The van der Waals surface area contributed by atoms with E-state index in [-0.39, 0.29) is 17.0 Å². The van der Waals surface area contributed by atoms with Gasteiger partial charge in [0.15, 0.2) is 0 Å². The average molecular weight is 287 g/mol. The molecule has 1 atom stereocenters. The van der Waals surface area contributed by atoms with Crippen LogP contribution in [0.3, 0.4) is 0 Å². The number of ether oxygens (including phenoxy) is 1. The topological polar surface area (TPSA) is 38.3 Å². The van der Waals surface area contributed by atoms with E-state index in [9.17, 15) is 4.79 Å². The molecule has 2 aliphatic heterocycles. The second-order valence-electron chi connectivity index (χ2n) is 7.48. The van der Waals surface area contributed by atoms with E-state index in [2.05, 4.69) is 51.2 Å². The van der Waals surface area contributed by atoms with Gasteiger partial charge in [0.2, 0.25) is 5.91 Å². The van der Waals surface area contributed by atoms with Crippen molar-refractivity contribution in [3.63, 3.8) is 0 Å². The van der Waals surface area contributed by atoms with E-state index in [0.29, 0.717) is 12.3 Å². The number of carbonyl (C=O) groups is 1. The third-order valence-electron chi connectivity index (χ3n) is 4.97. The second kappa shape index (κ2) is 4.75. The van der Waals surface area contributed by atoms with Gasteiger partial charge in [0.1, 0.15) is 11.4 Å². The molecule has 1 saturated heterocycles. The highest BCUT2D eigenvalue weighted by atomic mass is 16.5. The van der Waals surface area contributed by atoms with Gasteiger partial charge in [-0.1, -0.05) is 32.0 Å². The lowest BCUT2D eigenvalue weighted by atomic mass is 9.79. The normalized spacial score (nSPS) is 26.6. The van der Waals surface area contributed by atoms with Crippen molar-refractivity contribution in [3.05, 3.63) is 29.3 Å². The van der Waals surface area contributed by atoms with Gasteiger partial charge in [0.25, 0.3) is 0 Å². The van der Waals surface area contributed by atoms with Crippen LogP contribution in [0.25, 0.3) is 0 Å². The van der Waals surface area contributed by atoms with Gasteiger partial charge >= 0.3 is 0 Å². The van der Waals surface area contributed by atoms with Crippen molar-refractivity contribution in [1.82, 2.24) is 5.32 Å². The number of para-hydroxylation sites is 1. The second-order valence-corrected chi connectivity index (χ2v) is 7.48. The highest BCUT2D eigenvalue weighted by molar-refractivity contribution is 5.79. The molecule has 21 heavy (non-hydrogen) atoms.